The van der Waals surface area contributed by atoms with Gasteiger partial charge >= 0.3 is 0 Å². The predicted octanol–water partition coefficient (Wildman–Crippen LogP) is 3.35. The van der Waals surface area contributed by atoms with Crippen LogP contribution in [0.5, 0.6) is 0 Å². The maximum Gasteiger partial charge on any atom is 0.261 e. The normalized spacial score (nSPS) is 19.9. The average Bonchev–Trinajstić information content (AvgIpc) is 3.37. The first-order chi connectivity index (χ1) is 19.4. The number of piperidine rings is 2. The lowest BCUT2D eigenvalue weighted by Gasteiger charge is -2.28. The van der Waals surface area contributed by atoms with Gasteiger partial charge in [0.25, 0.3) is 11.8 Å². The molecule has 0 unspecified atom stereocenters. The van der Waals surface area contributed by atoms with E-state index in [4.69, 9.17) is 0 Å². The van der Waals surface area contributed by atoms with Crippen molar-refractivity contribution in [2.75, 3.05) is 26.2 Å². The molecule has 2 N–H and O–H groups in total. The molecule has 5 rings (SSSR count). The van der Waals surface area contributed by atoms with E-state index >= 15 is 0 Å². The predicted molar refractivity (Wildman–Crippen MR) is 149 cm³/mol. The number of rotatable bonds is 2. The zero-order chi connectivity index (χ0) is 28.7. The summed E-state index contributed by atoms with van der Waals surface area (Å²) in [5.74, 6) is -0.865. The summed E-state index contributed by atoms with van der Waals surface area (Å²) in [6.45, 7) is 2.53. The van der Waals surface area contributed by atoms with Crippen molar-refractivity contribution in [2.24, 2.45) is 0 Å². The second-order valence-corrected chi connectivity index (χ2v) is 10.5. The third kappa shape index (κ3) is 9.57. The number of carbonyl (C=O) groups is 6. The van der Waals surface area contributed by atoms with Gasteiger partial charge < -0.3 is 10.6 Å². The van der Waals surface area contributed by atoms with E-state index in [1.54, 1.807) is 24.3 Å². The van der Waals surface area contributed by atoms with Gasteiger partial charge in [-0.3, -0.25) is 38.6 Å². The Bertz CT molecular complexity index is 969. The summed E-state index contributed by atoms with van der Waals surface area (Å²) in [5.41, 5.74) is 0.382. The molecule has 10 heteroatoms. The maximum absolute atomic E-state index is 12.7. The molecule has 4 aliphatic rings. The largest absolute Gasteiger partial charge is 0.356 e. The van der Waals surface area contributed by atoms with Crippen molar-refractivity contribution in [3.8, 4) is 0 Å². The lowest BCUT2D eigenvalue weighted by Crippen LogP contribution is -2.43. The lowest BCUT2D eigenvalue weighted by molar-refractivity contribution is -0.131. The molecule has 218 valence electrons. The molecule has 4 aliphatic heterocycles. The van der Waals surface area contributed by atoms with E-state index in [1.165, 1.54) is 22.6 Å². The first-order valence-electron chi connectivity index (χ1n) is 14.7. The highest BCUT2D eigenvalue weighted by Gasteiger charge is 2.31. The minimum absolute atomic E-state index is 0.191. The molecule has 4 heterocycles. The number of likely N-dealkylation sites (tertiary alicyclic amines) is 2. The summed E-state index contributed by atoms with van der Waals surface area (Å²) < 4.78 is 0. The second kappa shape index (κ2) is 16.5. The molecule has 0 aromatic heterocycles. The van der Waals surface area contributed by atoms with Crippen molar-refractivity contribution in [1.82, 2.24) is 20.4 Å². The van der Waals surface area contributed by atoms with Crippen LogP contribution in [0.25, 0.3) is 0 Å². The van der Waals surface area contributed by atoms with Crippen molar-refractivity contribution >= 4 is 35.4 Å². The minimum Gasteiger partial charge on any atom is -0.356 e. The third-order valence-corrected chi connectivity index (χ3v) is 7.33. The van der Waals surface area contributed by atoms with Gasteiger partial charge in [-0.15, -0.1) is 0 Å². The van der Waals surface area contributed by atoms with Crippen molar-refractivity contribution in [2.45, 2.75) is 89.9 Å². The van der Waals surface area contributed by atoms with Gasteiger partial charge in [-0.05, 0) is 63.5 Å². The highest BCUT2D eigenvalue weighted by Crippen LogP contribution is 2.21. The quantitative estimate of drug-likeness (QED) is 0.539. The Labute approximate surface area is 236 Å². The van der Waals surface area contributed by atoms with Crippen molar-refractivity contribution in [1.29, 1.82) is 0 Å². The molecule has 0 saturated carbocycles. The highest BCUT2D eigenvalue weighted by molar-refractivity contribution is 6.14. The van der Waals surface area contributed by atoms with Crippen LogP contribution in [-0.2, 0) is 19.2 Å². The van der Waals surface area contributed by atoms with E-state index in [0.717, 1.165) is 77.3 Å². The van der Waals surface area contributed by atoms with Crippen LogP contribution in [0.2, 0.25) is 0 Å². The van der Waals surface area contributed by atoms with E-state index in [1.807, 2.05) is 0 Å². The van der Waals surface area contributed by atoms with Crippen LogP contribution in [-0.4, -0.2) is 71.4 Å². The molecule has 1 aromatic rings. The van der Waals surface area contributed by atoms with Crippen LogP contribution in [0.4, 0.5) is 0 Å². The van der Waals surface area contributed by atoms with Gasteiger partial charge in [-0.2, -0.15) is 0 Å². The summed E-state index contributed by atoms with van der Waals surface area (Å²) in [5, 5.41) is 5.61. The van der Waals surface area contributed by atoms with Gasteiger partial charge in [0.1, 0.15) is 0 Å². The monoisotopic (exact) mass is 554 g/mol. The molecule has 0 atom stereocenters. The zero-order valence-electron chi connectivity index (χ0n) is 23.4. The van der Waals surface area contributed by atoms with Crippen molar-refractivity contribution in [3.05, 3.63) is 35.4 Å². The van der Waals surface area contributed by atoms with Gasteiger partial charge in [0, 0.05) is 51.9 Å². The van der Waals surface area contributed by atoms with Crippen LogP contribution in [0.15, 0.2) is 24.3 Å². The summed E-state index contributed by atoms with van der Waals surface area (Å²) in [7, 11) is 0. The summed E-state index contributed by atoms with van der Waals surface area (Å²) >= 11 is 0. The molecule has 4 fully saturated rings. The smallest absolute Gasteiger partial charge is 0.261 e. The van der Waals surface area contributed by atoms with Crippen LogP contribution in [0.1, 0.15) is 111 Å². The zero-order valence-corrected chi connectivity index (χ0v) is 23.4. The molecule has 0 spiro atoms. The Morgan fingerprint density at radius 1 is 0.525 bits per heavy atom. The van der Waals surface area contributed by atoms with E-state index in [9.17, 15) is 28.8 Å². The molecule has 0 aliphatic carbocycles. The minimum atomic E-state index is -0.451. The van der Waals surface area contributed by atoms with E-state index in [2.05, 4.69) is 10.6 Å². The fourth-order valence-corrected chi connectivity index (χ4v) is 5.00. The number of benzene rings is 1. The number of carbonyl (C=O) groups excluding carboxylic acids is 6. The number of amides is 6. The second-order valence-electron chi connectivity index (χ2n) is 10.5. The summed E-state index contributed by atoms with van der Waals surface area (Å²) in [6, 6.07) is 6.42. The Kier molecular flexibility index (Phi) is 12.8. The molecule has 1 aromatic carbocycles. The van der Waals surface area contributed by atoms with Crippen molar-refractivity contribution < 1.29 is 28.8 Å². The number of nitrogens with one attached hydrogen (secondary N) is 2. The first-order valence-corrected chi connectivity index (χ1v) is 14.7. The van der Waals surface area contributed by atoms with Crippen LogP contribution in [0.3, 0.4) is 0 Å². The van der Waals surface area contributed by atoms with E-state index < -0.39 is 11.8 Å². The summed E-state index contributed by atoms with van der Waals surface area (Å²) in [4.78, 5) is 73.1. The van der Waals surface area contributed by atoms with Gasteiger partial charge in [0.2, 0.25) is 23.6 Å². The van der Waals surface area contributed by atoms with Crippen LogP contribution in [0, 0.1) is 0 Å². The molecular formula is C30H42N4O6. The van der Waals surface area contributed by atoms with Gasteiger partial charge in [-0.25, -0.2) is 0 Å². The van der Waals surface area contributed by atoms with Gasteiger partial charge in [0.15, 0.2) is 0 Å². The SMILES string of the molecule is O=C1CCCCCN1.O=C1CCCCCN1.O=C1CCCCN1C(=O)c1ccccc1C(=O)N1CCCCC1=O. The highest BCUT2D eigenvalue weighted by atomic mass is 16.2. The Morgan fingerprint density at radius 2 is 0.925 bits per heavy atom. The summed E-state index contributed by atoms with van der Waals surface area (Å²) in [6.07, 6.45) is 12.2. The molecule has 4 saturated heterocycles. The molecule has 0 radical (unpaired) electrons. The Morgan fingerprint density at radius 3 is 1.32 bits per heavy atom. The Balaban J connectivity index is 0.000000223. The number of imide groups is 2. The number of hydrogen-bond acceptors (Lipinski definition) is 6. The lowest BCUT2D eigenvalue weighted by atomic mass is 10.0. The standard InChI is InChI=1S/C18H20N2O4.2C6H11NO/c21-15-9-3-5-11-19(15)17(23)13-7-1-2-8-14(13)18(24)20-12-6-4-10-16(20)22;2*8-6-4-2-1-3-5-7-6/h1-2,7-8H,3-6,9-12H2;2*1-5H2,(H,7,8). The van der Waals surface area contributed by atoms with Crippen LogP contribution < -0.4 is 10.6 Å². The van der Waals surface area contributed by atoms with Gasteiger partial charge in [-0.1, -0.05) is 25.0 Å². The van der Waals surface area contributed by atoms with Crippen molar-refractivity contribution in [3.63, 3.8) is 0 Å². The molecule has 40 heavy (non-hydrogen) atoms. The van der Waals surface area contributed by atoms with Gasteiger partial charge in [0.05, 0.1) is 11.1 Å². The Hall–Kier alpha value is -3.56. The molecular weight excluding hydrogens is 512 g/mol. The van der Waals surface area contributed by atoms with E-state index in [-0.39, 0.29) is 34.8 Å². The number of hydrogen-bond donors (Lipinski definition) is 2. The fourth-order valence-electron chi connectivity index (χ4n) is 5.00. The van der Waals surface area contributed by atoms with Crippen LogP contribution >= 0.6 is 0 Å². The fraction of sp³-hybridized carbons (Fsp3) is 0.600. The topological polar surface area (TPSA) is 133 Å². The average molecular weight is 555 g/mol. The number of nitrogens with zero attached hydrogens (tertiary/aromatic N) is 2. The van der Waals surface area contributed by atoms with E-state index in [0.29, 0.717) is 25.9 Å². The maximum atomic E-state index is 12.7. The third-order valence-electron chi connectivity index (χ3n) is 7.33. The molecule has 0 bridgehead atoms. The first kappa shape index (κ1) is 31.0. The molecule has 10 nitrogen and oxygen atoms in total. The molecule has 6 amide bonds.